The van der Waals surface area contributed by atoms with Crippen LogP contribution in [0.4, 0.5) is 0 Å². The van der Waals surface area contributed by atoms with E-state index in [-0.39, 0.29) is 11.9 Å². The summed E-state index contributed by atoms with van der Waals surface area (Å²) >= 11 is 1.94. The molecule has 1 aromatic heterocycles. The molecule has 0 bridgehead atoms. The average molecular weight is 331 g/mol. The van der Waals surface area contributed by atoms with E-state index in [0.29, 0.717) is 6.54 Å². The number of carbonyl (C=O) groups is 1. The maximum atomic E-state index is 12.8. The van der Waals surface area contributed by atoms with Crippen LogP contribution >= 0.6 is 11.8 Å². The third-order valence-electron chi connectivity index (χ3n) is 4.00. The highest BCUT2D eigenvalue weighted by Crippen LogP contribution is 2.24. The van der Waals surface area contributed by atoms with Crippen molar-refractivity contribution in [3.63, 3.8) is 0 Å². The molecule has 1 aliphatic heterocycles. The number of rotatable bonds is 5. The van der Waals surface area contributed by atoms with Gasteiger partial charge < -0.3 is 9.88 Å². The van der Waals surface area contributed by atoms with Gasteiger partial charge in [-0.2, -0.15) is 11.8 Å². The fourth-order valence-corrected chi connectivity index (χ4v) is 3.66. The zero-order valence-electron chi connectivity index (χ0n) is 13.2. The van der Waals surface area contributed by atoms with Crippen molar-refractivity contribution in [2.75, 3.05) is 24.6 Å². The zero-order valence-corrected chi connectivity index (χ0v) is 14.0. The Morgan fingerprint density at radius 2 is 2.04 bits per heavy atom. The smallest absolute Gasteiger partial charge is 0.242 e. The summed E-state index contributed by atoms with van der Waals surface area (Å²) in [6, 6.07) is 9.74. The van der Waals surface area contributed by atoms with Crippen LogP contribution in [0.25, 0.3) is 0 Å². The van der Waals surface area contributed by atoms with E-state index in [1.54, 1.807) is 6.33 Å². The van der Waals surface area contributed by atoms with Crippen molar-refractivity contribution in [1.82, 2.24) is 25.0 Å². The largest absolute Gasteiger partial charge is 0.347 e. The molecule has 0 saturated carbocycles. The van der Waals surface area contributed by atoms with Crippen LogP contribution in [0.1, 0.15) is 17.4 Å². The van der Waals surface area contributed by atoms with E-state index in [0.717, 1.165) is 36.0 Å². The monoisotopic (exact) mass is 331 g/mol. The normalized spacial score (nSPS) is 16.9. The molecule has 7 heteroatoms. The van der Waals surface area contributed by atoms with Crippen LogP contribution in [0, 0.1) is 0 Å². The molecule has 3 rings (SSSR count). The fraction of sp³-hybridized carbons (Fsp3) is 0.438. The van der Waals surface area contributed by atoms with Gasteiger partial charge in [0.15, 0.2) is 5.82 Å². The first-order chi connectivity index (χ1) is 11.3. The topological polar surface area (TPSA) is 63.1 Å². The molecule has 2 aromatic rings. The minimum atomic E-state index is -0.245. The molecule has 122 valence electrons. The van der Waals surface area contributed by atoms with Crippen molar-refractivity contribution < 1.29 is 4.79 Å². The summed E-state index contributed by atoms with van der Waals surface area (Å²) in [5, 5.41) is 10.9. The highest BCUT2D eigenvalue weighted by molar-refractivity contribution is 7.99. The van der Waals surface area contributed by atoms with Crippen molar-refractivity contribution >= 4 is 17.7 Å². The predicted molar refractivity (Wildman–Crippen MR) is 90.9 cm³/mol. The highest BCUT2D eigenvalue weighted by Gasteiger charge is 2.28. The Bertz CT molecular complexity index is 639. The van der Waals surface area contributed by atoms with E-state index in [1.165, 1.54) is 0 Å². The van der Waals surface area contributed by atoms with E-state index < -0.39 is 0 Å². The second-order valence-corrected chi connectivity index (χ2v) is 6.76. The van der Waals surface area contributed by atoms with Crippen molar-refractivity contribution in [3.8, 4) is 0 Å². The van der Waals surface area contributed by atoms with Crippen molar-refractivity contribution in [2.45, 2.75) is 12.6 Å². The number of aryl methyl sites for hydroxylation is 1. The summed E-state index contributed by atoms with van der Waals surface area (Å²) in [4.78, 5) is 15.1. The number of hydrogen-bond acceptors (Lipinski definition) is 5. The molecule has 0 aliphatic carbocycles. The van der Waals surface area contributed by atoms with Crippen molar-refractivity contribution in [3.05, 3.63) is 48.0 Å². The van der Waals surface area contributed by atoms with Gasteiger partial charge in [-0.25, -0.2) is 0 Å². The maximum Gasteiger partial charge on any atom is 0.242 e. The Hall–Kier alpha value is -1.86. The molecule has 23 heavy (non-hydrogen) atoms. The number of aromatic nitrogens is 3. The maximum absolute atomic E-state index is 12.8. The molecule has 1 fully saturated rings. The van der Waals surface area contributed by atoms with Gasteiger partial charge in [0.25, 0.3) is 0 Å². The van der Waals surface area contributed by atoms with Gasteiger partial charge in [-0.3, -0.25) is 9.69 Å². The third kappa shape index (κ3) is 3.92. The number of carbonyl (C=O) groups excluding carboxylic acids is 1. The van der Waals surface area contributed by atoms with Gasteiger partial charge in [0.1, 0.15) is 12.4 Å². The molecule has 0 spiro atoms. The summed E-state index contributed by atoms with van der Waals surface area (Å²) < 4.78 is 1.81. The van der Waals surface area contributed by atoms with E-state index in [1.807, 2.05) is 53.7 Å². The Kier molecular flexibility index (Phi) is 5.30. The summed E-state index contributed by atoms with van der Waals surface area (Å²) in [7, 11) is 1.87. The first kappa shape index (κ1) is 16.0. The average Bonchev–Trinajstić information content (AvgIpc) is 3.00. The van der Waals surface area contributed by atoms with Crippen LogP contribution in [0.15, 0.2) is 36.7 Å². The molecule has 1 aliphatic rings. The van der Waals surface area contributed by atoms with Crippen LogP contribution in [0.5, 0.6) is 0 Å². The Labute approximate surface area is 140 Å². The van der Waals surface area contributed by atoms with Gasteiger partial charge >= 0.3 is 0 Å². The van der Waals surface area contributed by atoms with E-state index >= 15 is 0 Å². The lowest BCUT2D eigenvalue weighted by Gasteiger charge is -2.33. The van der Waals surface area contributed by atoms with Gasteiger partial charge in [0, 0.05) is 31.6 Å². The predicted octanol–water partition coefficient (Wildman–Crippen LogP) is 1.22. The van der Waals surface area contributed by atoms with Crippen LogP contribution in [0.3, 0.4) is 0 Å². The van der Waals surface area contributed by atoms with Crippen molar-refractivity contribution in [2.24, 2.45) is 7.05 Å². The minimum Gasteiger partial charge on any atom is -0.347 e. The second kappa shape index (κ2) is 7.61. The van der Waals surface area contributed by atoms with E-state index in [2.05, 4.69) is 20.4 Å². The van der Waals surface area contributed by atoms with E-state index in [4.69, 9.17) is 0 Å². The number of thioether (sulfide) groups is 1. The molecule has 0 radical (unpaired) electrons. The van der Waals surface area contributed by atoms with Crippen LogP contribution in [-0.2, 0) is 18.4 Å². The molecule has 6 nitrogen and oxygen atoms in total. The summed E-state index contributed by atoms with van der Waals surface area (Å²) in [6.45, 7) is 2.25. The van der Waals surface area contributed by atoms with Gasteiger partial charge in [0.05, 0.1) is 6.54 Å². The number of nitrogens with one attached hydrogen (secondary N) is 1. The highest BCUT2D eigenvalue weighted by atomic mass is 32.2. The molecule has 1 amide bonds. The SMILES string of the molecule is Cn1cnnc1CNC(=O)C(c1ccccc1)N1CCSCC1. The van der Waals surface area contributed by atoms with Gasteiger partial charge in [0.2, 0.25) is 5.91 Å². The number of amides is 1. The van der Waals surface area contributed by atoms with Gasteiger partial charge in [-0.05, 0) is 5.56 Å². The number of nitrogens with zero attached hydrogens (tertiary/aromatic N) is 4. The van der Waals surface area contributed by atoms with Gasteiger partial charge in [-0.1, -0.05) is 30.3 Å². The summed E-state index contributed by atoms with van der Waals surface area (Å²) in [5.74, 6) is 2.91. The first-order valence-corrected chi connectivity index (χ1v) is 8.88. The standard InChI is InChI=1S/C16H21N5OS/c1-20-12-18-19-14(20)11-17-16(22)15(13-5-3-2-4-6-13)21-7-9-23-10-8-21/h2-6,12,15H,7-11H2,1H3,(H,17,22). The van der Waals surface area contributed by atoms with Crippen LogP contribution < -0.4 is 5.32 Å². The van der Waals surface area contributed by atoms with Gasteiger partial charge in [-0.15, -0.1) is 10.2 Å². The number of hydrogen-bond donors (Lipinski definition) is 1. The Morgan fingerprint density at radius 3 is 2.70 bits per heavy atom. The molecular weight excluding hydrogens is 310 g/mol. The fourth-order valence-electron chi connectivity index (χ4n) is 2.73. The molecule has 1 aromatic carbocycles. The van der Waals surface area contributed by atoms with Crippen LogP contribution in [-0.4, -0.2) is 50.2 Å². The Morgan fingerprint density at radius 1 is 1.30 bits per heavy atom. The lowest BCUT2D eigenvalue weighted by Crippen LogP contribution is -2.44. The van der Waals surface area contributed by atoms with Crippen LogP contribution in [0.2, 0.25) is 0 Å². The second-order valence-electron chi connectivity index (χ2n) is 5.54. The summed E-state index contributed by atoms with van der Waals surface area (Å²) in [5.41, 5.74) is 1.04. The lowest BCUT2D eigenvalue weighted by atomic mass is 10.0. The molecule has 1 atom stereocenters. The first-order valence-electron chi connectivity index (χ1n) is 7.73. The molecule has 1 N–H and O–H groups in total. The zero-order chi connectivity index (χ0) is 16.1. The number of benzene rings is 1. The quantitative estimate of drug-likeness (QED) is 0.893. The molecule has 1 saturated heterocycles. The molecule has 1 unspecified atom stereocenters. The third-order valence-corrected chi connectivity index (χ3v) is 4.94. The minimum absolute atomic E-state index is 0.0195. The Balaban J connectivity index is 1.74. The molecule has 2 heterocycles. The summed E-state index contributed by atoms with van der Waals surface area (Å²) in [6.07, 6.45) is 1.64. The van der Waals surface area contributed by atoms with E-state index in [9.17, 15) is 4.79 Å². The molecular formula is C16H21N5OS. The van der Waals surface area contributed by atoms with Crippen molar-refractivity contribution in [1.29, 1.82) is 0 Å². The lowest BCUT2D eigenvalue weighted by molar-refractivity contribution is -0.126.